The first-order chi connectivity index (χ1) is 10.4. The van der Waals surface area contributed by atoms with Crippen LogP contribution in [0.15, 0.2) is 23.5 Å². The molecule has 0 unspecified atom stereocenters. The number of aryl methyl sites for hydroxylation is 2. The minimum absolute atomic E-state index is 0.0239. The van der Waals surface area contributed by atoms with Crippen LogP contribution in [0, 0.1) is 0 Å². The van der Waals surface area contributed by atoms with Gasteiger partial charge in [-0.15, -0.1) is 0 Å². The number of carbonyl (C=O) groups excluding carboxylic acids is 1. The van der Waals surface area contributed by atoms with E-state index in [9.17, 15) is 13.2 Å². The van der Waals surface area contributed by atoms with E-state index in [-0.39, 0.29) is 16.3 Å². The van der Waals surface area contributed by atoms with Crippen LogP contribution in [0.5, 0.6) is 0 Å². The summed E-state index contributed by atoms with van der Waals surface area (Å²) >= 11 is 0. The zero-order valence-electron chi connectivity index (χ0n) is 12.6. The van der Waals surface area contributed by atoms with Gasteiger partial charge < -0.3 is 5.32 Å². The Bertz CT molecular complexity index is 777. The molecule has 120 valence electrons. The lowest BCUT2D eigenvalue weighted by molar-refractivity contribution is 0.0958. The Morgan fingerprint density at radius 3 is 2.45 bits per heavy atom. The summed E-state index contributed by atoms with van der Waals surface area (Å²) in [4.78, 5) is 11.8. The second kappa shape index (κ2) is 6.18. The first-order valence-corrected chi connectivity index (χ1v) is 8.24. The Morgan fingerprint density at radius 2 is 1.91 bits per heavy atom. The summed E-state index contributed by atoms with van der Waals surface area (Å²) in [6.07, 6.45) is 4.16. The predicted molar refractivity (Wildman–Crippen MR) is 80.0 cm³/mol. The van der Waals surface area contributed by atoms with Crippen molar-refractivity contribution in [2.24, 2.45) is 0 Å². The Kier molecular flexibility index (Phi) is 4.50. The van der Waals surface area contributed by atoms with E-state index in [4.69, 9.17) is 0 Å². The van der Waals surface area contributed by atoms with E-state index >= 15 is 0 Å². The third-order valence-electron chi connectivity index (χ3n) is 3.02. The van der Waals surface area contributed by atoms with Gasteiger partial charge in [0.1, 0.15) is 4.90 Å². The minimum Gasteiger partial charge on any atom is -0.354 e. The number of hydrogen-bond donors (Lipinski definition) is 2. The summed E-state index contributed by atoms with van der Waals surface area (Å²) in [5, 5.41) is 10.4. The second-order valence-corrected chi connectivity index (χ2v) is 6.15. The number of rotatable bonds is 6. The van der Waals surface area contributed by atoms with Crippen molar-refractivity contribution in [1.29, 1.82) is 0 Å². The molecule has 22 heavy (non-hydrogen) atoms. The van der Waals surface area contributed by atoms with E-state index in [1.807, 2.05) is 13.8 Å². The molecule has 0 spiro atoms. The number of aromatic nitrogens is 4. The Hall–Kier alpha value is -2.36. The number of carbonyl (C=O) groups is 1. The number of sulfonamides is 1. The first kappa shape index (κ1) is 16.0. The van der Waals surface area contributed by atoms with Gasteiger partial charge in [-0.1, -0.05) is 0 Å². The standard InChI is InChI=1S/C12H18N6O3S/c1-4-17-7-9(6-14-17)22(20,21)16-10-8-18(5-2)15-11(10)12(19)13-3/h6-8,16H,4-5H2,1-3H3,(H,13,19). The van der Waals surface area contributed by atoms with Gasteiger partial charge in [0.2, 0.25) is 0 Å². The molecule has 2 rings (SSSR count). The smallest absolute Gasteiger partial charge is 0.273 e. The van der Waals surface area contributed by atoms with Crippen LogP contribution in [0.25, 0.3) is 0 Å². The molecular weight excluding hydrogens is 308 g/mol. The molecule has 0 aliphatic rings. The number of anilines is 1. The highest BCUT2D eigenvalue weighted by Gasteiger charge is 2.22. The van der Waals surface area contributed by atoms with Crippen LogP contribution < -0.4 is 10.0 Å². The van der Waals surface area contributed by atoms with Crippen molar-refractivity contribution >= 4 is 21.6 Å². The molecule has 1 amide bonds. The molecule has 0 saturated carbocycles. The van der Waals surface area contributed by atoms with Crippen LogP contribution in [-0.4, -0.2) is 40.9 Å². The molecule has 10 heteroatoms. The predicted octanol–water partition coefficient (Wildman–Crippen LogP) is 0.280. The van der Waals surface area contributed by atoms with Crippen molar-refractivity contribution < 1.29 is 13.2 Å². The van der Waals surface area contributed by atoms with Crippen molar-refractivity contribution in [3.63, 3.8) is 0 Å². The van der Waals surface area contributed by atoms with Crippen LogP contribution in [0.2, 0.25) is 0 Å². The van der Waals surface area contributed by atoms with E-state index in [0.717, 1.165) is 0 Å². The number of hydrogen-bond acceptors (Lipinski definition) is 5. The van der Waals surface area contributed by atoms with Gasteiger partial charge in [0, 0.05) is 32.5 Å². The Balaban J connectivity index is 2.36. The molecular formula is C12H18N6O3S. The van der Waals surface area contributed by atoms with E-state index in [1.165, 1.54) is 35.0 Å². The number of amides is 1. The summed E-state index contributed by atoms with van der Waals surface area (Å²) < 4.78 is 30.1. The minimum atomic E-state index is -3.83. The van der Waals surface area contributed by atoms with Gasteiger partial charge in [-0.2, -0.15) is 10.2 Å². The maximum atomic E-state index is 12.4. The monoisotopic (exact) mass is 326 g/mol. The summed E-state index contributed by atoms with van der Waals surface area (Å²) in [6, 6.07) is 0. The maximum Gasteiger partial charge on any atom is 0.273 e. The average molecular weight is 326 g/mol. The van der Waals surface area contributed by atoms with Crippen LogP contribution in [0.3, 0.4) is 0 Å². The van der Waals surface area contributed by atoms with Crippen molar-refractivity contribution in [3.05, 3.63) is 24.3 Å². The van der Waals surface area contributed by atoms with Gasteiger partial charge >= 0.3 is 0 Å². The fraction of sp³-hybridized carbons (Fsp3) is 0.417. The molecule has 2 aromatic rings. The third kappa shape index (κ3) is 3.11. The molecule has 0 aliphatic carbocycles. The van der Waals surface area contributed by atoms with Gasteiger partial charge in [-0.25, -0.2) is 8.42 Å². The molecule has 0 aromatic carbocycles. The summed E-state index contributed by atoms with van der Waals surface area (Å²) in [7, 11) is -2.37. The van der Waals surface area contributed by atoms with Crippen molar-refractivity contribution in [2.75, 3.05) is 11.8 Å². The van der Waals surface area contributed by atoms with Gasteiger partial charge in [0.05, 0.1) is 11.9 Å². The zero-order valence-corrected chi connectivity index (χ0v) is 13.4. The van der Waals surface area contributed by atoms with E-state index < -0.39 is 15.9 Å². The van der Waals surface area contributed by atoms with Crippen molar-refractivity contribution in [3.8, 4) is 0 Å². The molecule has 0 bridgehead atoms. The van der Waals surface area contributed by atoms with Crippen LogP contribution in [0.4, 0.5) is 5.69 Å². The SMILES string of the molecule is CCn1cc(S(=O)(=O)Nc2cn(CC)nc2C(=O)NC)cn1. The van der Waals surface area contributed by atoms with Crippen molar-refractivity contribution in [1.82, 2.24) is 24.9 Å². The molecule has 0 saturated heterocycles. The summed E-state index contributed by atoms with van der Waals surface area (Å²) in [6.45, 7) is 4.77. The highest BCUT2D eigenvalue weighted by molar-refractivity contribution is 7.92. The van der Waals surface area contributed by atoms with Crippen LogP contribution in [0.1, 0.15) is 24.3 Å². The van der Waals surface area contributed by atoms with Crippen molar-refractivity contribution in [2.45, 2.75) is 31.8 Å². The van der Waals surface area contributed by atoms with E-state index in [0.29, 0.717) is 13.1 Å². The maximum absolute atomic E-state index is 12.4. The lowest BCUT2D eigenvalue weighted by Crippen LogP contribution is -2.21. The third-order valence-corrected chi connectivity index (χ3v) is 4.34. The molecule has 0 atom stereocenters. The fourth-order valence-electron chi connectivity index (χ4n) is 1.80. The van der Waals surface area contributed by atoms with Crippen LogP contribution in [-0.2, 0) is 23.1 Å². The van der Waals surface area contributed by atoms with Gasteiger partial charge in [-0.05, 0) is 13.8 Å². The molecule has 0 aliphatic heterocycles. The molecule has 0 radical (unpaired) electrons. The lowest BCUT2D eigenvalue weighted by Gasteiger charge is -2.05. The van der Waals surface area contributed by atoms with Gasteiger partial charge in [0.15, 0.2) is 5.69 Å². The molecule has 0 fully saturated rings. The summed E-state index contributed by atoms with van der Waals surface area (Å²) in [5.41, 5.74) is 0.154. The fourth-order valence-corrected chi connectivity index (χ4v) is 2.81. The van der Waals surface area contributed by atoms with E-state index in [2.05, 4.69) is 20.2 Å². The lowest BCUT2D eigenvalue weighted by atomic mass is 10.3. The largest absolute Gasteiger partial charge is 0.354 e. The Morgan fingerprint density at radius 1 is 1.23 bits per heavy atom. The normalized spacial score (nSPS) is 11.4. The highest BCUT2D eigenvalue weighted by Crippen LogP contribution is 2.19. The highest BCUT2D eigenvalue weighted by atomic mass is 32.2. The second-order valence-electron chi connectivity index (χ2n) is 4.46. The first-order valence-electron chi connectivity index (χ1n) is 6.76. The average Bonchev–Trinajstić information content (AvgIpc) is 3.12. The zero-order chi connectivity index (χ0) is 16.3. The molecule has 2 aromatic heterocycles. The quantitative estimate of drug-likeness (QED) is 0.792. The van der Waals surface area contributed by atoms with Crippen LogP contribution >= 0.6 is 0 Å². The number of nitrogens with zero attached hydrogens (tertiary/aromatic N) is 4. The van der Waals surface area contributed by atoms with E-state index in [1.54, 1.807) is 0 Å². The number of nitrogens with one attached hydrogen (secondary N) is 2. The molecule has 9 nitrogen and oxygen atoms in total. The topological polar surface area (TPSA) is 111 Å². The summed E-state index contributed by atoms with van der Waals surface area (Å²) in [5.74, 6) is -0.464. The molecule has 2 N–H and O–H groups in total. The van der Waals surface area contributed by atoms with Gasteiger partial charge in [-0.3, -0.25) is 18.9 Å². The Labute approximate surface area is 128 Å². The van der Waals surface area contributed by atoms with Gasteiger partial charge in [0.25, 0.3) is 15.9 Å². The molecule has 2 heterocycles.